The zero-order chi connectivity index (χ0) is 9.68. The largest absolute Gasteiger partial charge is 0.381 e. The van der Waals surface area contributed by atoms with Crippen LogP contribution in [0.5, 0.6) is 0 Å². The number of hydrogen-bond donors (Lipinski definition) is 2. The van der Waals surface area contributed by atoms with Gasteiger partial charge in [-0.15, -0.1) is 0 Å². The van der Waals surface area contributed by atoms with Crippen LogP contribution < -0.4 is 11.3 Å². The first-order valence-electron chi connectivity index (χ1n) is 4.95. The highest BCUT2D eigenvalue weighted by molar-refractivity contribution is 4.82. The van der Waals surface area contributed by atoms with Crippen molar-refractivity contribution in [1.29, 1.82) is 0 Å². The molecule has 1 saturated heterocycles. The van der Waals surface area contributed by atoms with Crippen molar-refractivity contribution in [2.75, 3.05) is 19.8 Å². The van der Waals surface area contributed by atoms with Crippen molar-refractivity contribution >= 4 is 0 Å². The van der Waals surface area contributed by atoms with E-state index in [1.54, 1.807) is 0 Å². The lowest BCUT2D eigenvalue weighted by atomic mass is 9.95. The summed E-state index contributed by atoms with van der Waals surface area (Å²) in [6.07, 6.45) is 1.23. The Morgan fingerprint density at radius 1 is 1.69 bits per heavy atom. The summed E-state index contributed by atoms with van der Waals surface area (Å²) in [5, 5.41) is 0. The van der Waals surface area contributed by atoms with Crippen LogP contribution in [0.4, 0.5) is 0 Å². The highest BCUT2D eigenvalue weighted by Gasteiger charge is 2.29. The number of nitrogens with one attached hydrogen (secondary N) is 1. The number of hydrazine groups is 1. The minimum atomic E-state index is 0.154. The Hall–Kier alpha value is -0.160. The third-order valence-electron chi connectivity index (χ3n) is 2.60. The molecule has 3 N–H and O–H groups in total. The Morgan fingerprint density at radius 2 is 2.46 bits per heavy atom. The molecule has 0 saturated carbocycles. The van der Waals surface area contributed by atoms with Crippen LogP contribution in [0.1, 0.15) is 20.3 Å². The monoisotopic (exact) mass is 188 g/mol. The van der Waals surface area contributed by atoms with Crippen LogP contribution in [0.2, 0.25) is 0 Å². The Morgan fingerprint density at radius 3 is 2.92 bits per heavy atom. The van der Waals surface area contributed by atoms with Gasteiger partial charge in [0.15, 0.2) is 0 Å². The molecule has 0 aliphatic carbocycles. The molecule has 0 radical (unpaired) electrons. The van der Waals surface area contributed by atoms with Gasteiger partial charge in [0, 0.05) is 19.1 Å². The maximum Gasteiger partial charge on any atom is 0.0716 e. The van der Waals surface area contributed by atoms with Crippen LogP contribution in [-0.4, -0.2) is 32.0 Å². The molecule has 0 spiro atoms. The van der Waals surface area contributed by atoms with E-state index in [0.717, 1.165) is 26.2 Å². The third-order valence-corrected chi connectivity index (χ3v) is 2.60. The molecule has 1 rings (SSSR count). The second-order valence-electron chi connectivity index (χ2n) is 3.48. The van der Waals surface area contributed by atoms with Crippen molar-refractivity contribution in [3.8, 4) is 0 Å². The summed E-state index contributed by atoms with van der Waals surface area (Å²) in [7, 11) is 0. The minimum Gasteiger partial charge on any atom is -0.381 e. The standard InChI is InChI=1S/C9H20N2O2/c1-3-13-7(2)9(11-10)8-4-5-12-6-8/h7-9,11H,3-6,10H2,1-2H3. The van der Waals surface area contributed by atoms with E-state index in [9.17, 15) is 0 Å². The zero-order valence-electron chi connectivity index (χ0n) is 8.45. The fourth-order valence-corrected chi connectivity index (χ4v) is 1.86. The van der Waals surface area contributed by atoms with Gasteiger partial charge in [0.25, 0.3) is 0 Å². The lowest BCUT2D eigenvalue weighted by Gasteiger charge is -2.27. The summed E-state index contributed by atoms with van der Waals surface area (Å²) in [6.45, 7) is 6.42. The van der Waals surface area contributed by atoms with E-state index in [2.05, 4.69) is 5.43 Å². The van der Waals surface area contributed by atoms with Crippen molar-refractivity contribution in [2.24, 2.45) is 11.8 Å². The van der Waals surface area contributed by atoms with Gasteiger partial charge in [-0.2, -0.15) is 0 Å². The third kappa shape index (κ3) is 2.91. The van der Waals surface area contributed by atoms with E-state index in [4.69, 9.17) is 15.3 Å². The van der Waals surface area contributed by atoms with Gasteiger partial charge < -0.3 is 9.47 Å². The molecule has 0 aromatic rings. The summed E-state index contributed by atoms with van der Waals surface area (Å²) in [6, 6.07) is 0.211. The van der Waals surface area contributed by atoms with Crippen LogP contribution in [0.15, 0.2) is 0 Å². The maximum absolute atomic E-state index is 5.51. The Balaban J connectivity index is 2.39. The van der Waals surface area contributed by atoms with E-state index >= 15 is 0 Å². The van der Waals surface area contributed by atoms with Gasteiger partial charge in [0.1, 0.15) is 0 Å². The van der Waals surface area contributed by atoms with Crippen molar-refractivity contribution in [3.05, 3.63) is 0 Å². The molecule has 1 aliphatic rings. The number of nitrogens with two attached hydrogens (primary N) is 1. The molecule has 1 fully saturated rings. The maximum atomic E-state index is 5.51. The fraction of sp³-hybridized carbons (Fsp3) is 1.00. The van der Waals surface area contributed by atoms with Crippen molar-refractivity contribution in [1.82, 2.24) is 5.43 Å². The molecule has 4 heteroatoms. The number of rotatable bonds is 5. The highest BCUT2D eigenvalue weighted by atomic mass is 16.5. The Labute approximate surface area is 79.7 Å². The van der Waals surface area contributed by atoms with Gasteiger partial charge in [0.05, 0.1) is 18.8 Å². The van der Waals surface area contributed by atoms with E-state index in [0.29, 0.717) is 5.92 Å². The first-order chi connectivity index (χ1) is 6.29. The van der Waals surface area contributed by atoms with Gasteiger partial charge in [-0.25, -0.2) is 0 Å². The fourth-order valence-electron chi connectivity index (χ4n) is 1.86. The molecule has 4 nitrogen and oxygen atoms in total. The first kappa shape index (κ1) is 10.9. The van der Waals surface area contributed by atoms with Gasteiger partial charge >= 0.3 is 0 Å². The normalized spacial score (nSPS) is 27.5. The lowest BCUT2D eigenvalue weighted by molar-refractivity contribution is 0.0276. The van der Waals surface area contributed by atoms with Gasteiger partial charge in [-0.3, -0.25) is 11.3 Å². The molecule has 0 bridgehead atoms. The van der Waals surface area contributed by atoms with Crippen LogP contribution in [-0.2, 0) is 9.47 Å². The molecule has 0 aromatic heterocycles. The quantitative estimate of drug-likeness (QED) is 0.480. The summed E-state index contributed by atoms with van der Waals surface area (Å²) in [5.41, 5.74) is 2.82. The summed E-state index contributed by atoms with van der Waals surface area (Å²) < 4.78 is 10.8. The number of hydrogen-bond acceptors (Lipinski definition) is 4. The topological polar surface area (TPSA) is 56.5 Å². The molecular weight excluding hydrogens is 168 g/mol. The second-order valence-corrected chi connectivity index (χ2v) is 3.48. The van der Waals surface area contributed by atoms with Gasteiger partial charge in [0.2, 0.25) is 0 Å². The molecule has 1 heterocycles. The van der Waals surface area contributed by atoms with Gasteiger partial charge in [-0.05, 0) is 20.3 Å². The molecule has 3 unspecified atom stereocenters. The molecule has 78 valence electrons. The predicted molar refractivity (Wildman–Crippen MR) is 51.1 cm³/mol. The highest BCUT2D eigenvalue weighted by Crippen LogP contribution is 2.19. The van der Waals surface area contributed by atoms with Crippen LogP contribution in [0.3, 0.4) is 0 Å². The van der Waals surface area contributed by atoms with Crippen LogP contribution >= 0.6 is 0 Å². The zero-order valence-corrected chi connectivity index (χ0v) is 8.45. The summed E-state index contributed by atoms with van der Waals surface area (Å²) in [5.74, 6) is 5.99. The van der Waals surface area contributed by atoms with E-state index < -0.39 is 0 Å². The van der Waals surface area contributed by atoms with E-state index in [1.807, 2.05) is 13.8 Å². The summed E-state index contributed by atoms with van der Waals surface area (Å²) >= 11 is 0. The van der Waals surface area contributed by atoms with Crippen molar-refractivity contribution in [2.45, 2.75) is 32.4 Å². The molecule has 0 amide bonds. The first-order valence-corrected chi connectivity index (χ1v) is 4.95. The smallest absolute Gasteiger partial charge is 0.0716 e. The Bertz CT molecular complexity index is 138. The molecule has 3 atom stereocenters. The molecule has 0 aromatic carbocycles. The van der Waals surface area contributed by atoms with Crippen LogP contribution in [0.25, 0.3) is 0 Å². The summed E-state index contributed by atoms with van der Waals surface area (Å²) in [4.78, 5) is 0. The van der Waals surface area contributed by atoms with E-state index in [-0.39, 0.29) is 12.1 Å². The Kier molecular flexibility index (Phi) is 4.66. The average Bonchev–Trinajstić information content (AvgIpc) is 2.59. The SMILES string of the molecule is CCOC(C)C(NN)C1CCOC1. The minimum absolute atomic E-state index is 0.154. The van der Waals surface area contributed by atoms with Crippen LogP contribution in [0, 0.1) is 5.92 Å². The van der Waals surface area contributed by atoms with Gasteiger partial charge in [-0.1, -0.05) is 0 Å². The molecule has 13 heavy (non-hydrogen) atoms. The van der Waals surface area contributed by atoms with E-state index in [1.165, 1.54) is 0 Å². The molecule has 1 aliphatic heterocycles. The lowest BCUT2D eigenvalue weighted by Crippen LogP contribution is -2.49. The van der Waals surface area contributed by atoms with Crippen molar-refractivity contribution in [3.63, 3.8) is 0 Å². The molecular formula is C9H20N2O2. The predicted octanol–water partition coefficient (Wildman–Crippen LogP) is 0.280. The van der Waals surface area contributed by atoms with Crippen molar-refractivity contribution < 1.29 is 9.47 Å². The number of ether oxygens (including phenoxy) is 2. The second kappa shape index (κ2) is 5.54. The average molecular weight is 188 g/mol.